The molecule has 1 aromatic heterocycles. The van der Waals surface area contributed by atoms with Gasteiger partial charge in [0.2, 0.25) is 0 Å². The Morgan fingerprint density at radius 2 is 1.76 bits per heavy atom. The molecule has 1 unspecified atom stereocenters. The van der Waals surface area contributed by atoms with E-state index in [2.05, 4.69) is 17.6 Å². The second kappa shape index (κ2) is 10.7. The average Bonchev–Trinajstić information content (AvgIpc) is 3.02. The zero-order chi connectivity index (χ0) is 31.0. The van der Waals surface area contributed by atoms with Crippen molar-refractivity contribution >= 4 is 16.9 Å². The maximum atomic E-state index is 14.6. The van der Waals surface area contributed by atoms with Crippen molar-refractivity contribution in [2.24, 2.45) is 35.0 Å². The second-order valence-corrected chi connectivity index (χ2v) is 15.2. The summed E-state index contributed by atoms with van der Waals surface area (Å²) in [4.78, 5) is 19.2. The number of ether oxygens (including phenoxy) is 1. The van der Waals surface area contributed by atoms with Gasteiger partial charge in [0.1, 0.15) is 12.6 Å². The van der Waals surface area contributed by atoms with E-state index in [9.17, 15) is 18.0 Å². The summed E-state index contributed by atoms with van der Waals surface area (Å²) < 4.78 is 48.9. The molecule has 7 fully saturated rings. The van der Waals surface area contributed by atoms with Crippen molar-refractivity contribution < 1.29 is 27.2 Å². The van der Waals surface area contributed by atoms with E-state index in [0.717, 1.165) is 67.7 Å². The topological polar surface area (TPSA) is 39.2 Å². The van der Waals surface area contributed by atoms with Gasteiger partial charge >= 0.3 is 12.1 Å². The Labute approximate surface area is 263 Å². The van der Waals surface area contributed by atoms with Gasteiger partial charge in [0.25, 0.3) is 0 Å². The molecule has 6 bridgehead atoms. The number of carbonyl (C=O) groups excluding carboxylic acids is 1. The Morgan fingerprint density at radius 1 is 1.02 bits per heavy atom. The van der Waals surface area contributed by atoms with Crippen LogP contribution in [-0.4, -0.2) is 34.6 Å². The van der Waals surface area contributed by atoms with Crippen molar-refractivity contribution in [2.75, 3.05) is 13.1 Å². The number of hydrogen-bond donors (Lipinski definition) is 0. The number of piperidine rings is 3. The van der Waals surface area contributed by atoms with Crippen LogP contribution in [0.3, 0.4) is 0 Å². The summed E-state index contributed by atoms with van der Waals surface area (Å²) in [6, 6.07) is 15.7. The maximum absolute atomic E-state index is 14.6. The zero-order valence-electron chi connectivity index (χ0n) is 25.7. The van der Waals surface area contributed by atoms with Crippen molar-refractivity contribution in [3.63, 3.8) is 0 Å². The summed E-state index contributed by atoms with van der Waals surface area (Å²) in [5, 5.41) is 0.975. The van der Waals surface area contributed by atoms with Crippen LogP contribution in [0.5, 0.6) is 0 Å². The van der Waals surface area contributed by atoms with Crippen molar-refractivity contribution in [3.8, 4) is 0 Å². The highest BCUT2D eigenvalue weighted by atomic mass is 19.4. The summed E-state index contributed by atoms with van der Waals surface area (Å²) in [6.07, 6.45) is 7.27. The number of fused-ring (bicyclic) bond motifs is 4. The number of para-hydroxylation sites is 1. The first-order valence-corrected chi connectivity index (χ1v) is 16.8. The Morgan fingerprint density at radius 3 is 2.47 bits per heavy atom. The third-order valence-corrected chi connectivity index (χ3v) is 12.5. The fourth-order valence-electron chi connectivity index (χ4n) is 10.9. The van der Waals surface area contributed by atoms with Crippen LogP contribution in [0.1, 0.15) is 74.2 Å². The van der Waals surface area contributed by atoms with E-state index in [4.69, 9.17) is 4.74 Å². The van der Waals surface area contributed by atoms with Gasteiger partial charge in [0.15, 0.2) is 6.10 Å². The van der Waals surface area contributed by atoms with Crippen molar-refractivity contribution in [3.05, 3.63) is 90.1 Å². The molecular weight excluding hydrogens is 573 g/mol. The van der Waals surface area contributed by atoms with Crippen molar-refractivity contribution in [1.29, 1.82) is 0 Å². The minimum Gasteiger partial charge on any atom is -0.451 e. The van der Waals surface area contributed by atoms with Gasteiger partial charge < -0.3 is 9.22 Å². The van der Waals surface area contributed by atoms with E-state index in [1.807, 2.05) is 42.6 Å². The second-order valence-electron chi connectivity index (χ2n) is 15.2. The monoisotopic (exact) mass is 615 g/mol. The van der Waals surface area contributed by atoms with Gasteiger partial charge in [-0.05, 0) is 86.5 Å². The SMILES string of the molecule is C=C[C@H]1C[N+]2(Cc3cccc(C(F)(F)F)c3)CC[C@H]1C[C@@H]2[C@@H](OC(=O)C12CC3CC(CC(C3)C1)C2)c1ccnc2ccccc12. The average molecular weight is 616 g/mol. The third-order valence-electron chi connectivity index (χ3n) is 12.5. The number of rotatable bonds is 7. The lowest BCUT2D eigenvalue weighted by molar-refractivity contribution is -0.984. The lowest BCUT2D eigenvalue weighted by atomic mass is 9.49. The highest BCUT2D eigenvalue weighted by Gasteiger charge is 2.59. The third kappa shape index (κ3) is 5.01. The van der Waals surface area contributed by atoms with E-state index < -0.39 is 23.3 Å². The number of nitrogens with zero attached hydrogens (tertiary/aromatic N) is 2. The van der Waals surface area contributed by atoms with Crippen LogP contribution in [0.4, 0.5) is 13.2 Å². The number of hydrogen-bond acceptors (Lipinski definition) is 3. The van der Waals surface area contributed by atoms with Gasteiger partial charge in [-0.15, -0.1) is 6.58 Å². The lowest BCUT2D eigenvalue weighted by Gasteiger charge is -2.59. The smallest absolute Gasteiger partial charge is 0.416 e. The number of aromatic nitrogens is 1. The Bertz CT molecular complexity index is 1590. The lowest BCUT2D eigenvalue weighted by Crippen LogP contribution is -2.68. The van der Waals surface area contributed by atoms with E-state index in [1.165, 1.54) is 31.4 Å². The molecule has 3 saturated heterocycles. The van der Waals surface area contributed by atoms with Crippen LogP contribution in [0.15, 0.2) is 73.4 Å². The molecule has 3 aliphatic heterocycles. The number of alkyl halides is 3. The molecule has 5 atom stereocenters. The molecule has 7 aliphatic rings. The molecule has 0 radical (unpaired) electrons. The number of quaternary nitrogens is 1. The van der Waals surface area contributed by atoms with E-state index in [-0.39, 0.29) is 17.9 Å². The number of pyridine rings is 1. The van der Waals surface area contributed by atoms with Gasteiger partial charge in [-0.3, -0.25) is 9.78 Å². The predicted octanol–water partition coefficient (Wildman–Crippen LogP) is 8.67. The van der Waals surface area contributed by atoms with Crippen LogP contribution in [0, 0.1) is 35.0 Å². The van der Waals surface area contributed by atoms with Gasteiger partial charge in [0.05, 0.1) is 29.6 Å². The van der Waals surface area contributed by atoms with Crippen LogP contribution < -0.4 is 0 Å². The summed E-state index contributed by atoms with van der Waals surface area (Å²) >= 11 is 0. The quantitative estimate of drug-likeness (QED) is 0.152. The highest BCUT2D eigenvalue weighted by molar-refractivity contribution is 5.83. The molecule has 4 saturated carbocycles. The minimum atomic E-state index is -4.40. The zero-order valence-corrected chi connectivity index (χ0v) is 25.7. The largest absolute Gasteiger partial charge is 0.451 e. The van der Waals surface area contributed by atoms with Gasteiger partial charge in [-0.25, -0.2) is 0 Å². The van der Waals surface area contributed by atoms with Gasteiger partial charge in [-0.2, -0.15) is 13.2 Å². The number of esters is 1. The molecular formula is C38H42F3N2O2+. The first-order chi connectivity index (χ1) is 21.6. The molecule has 7 heteroatoms. The normalized spacial score (nSPS) is 35.8. The molecule has 4 heterocycles. The first-order valence-electron chi connectivity index (χ1n) is 16.8. The molecule has 4 aliphatic carbocycles. The van der Waals surface area contributed by atoms with Crippen molar-refractivity contribution in [2.45, 2.75) is 76.2 Å². The van der Waals surface area contributed by atoms with Crippen molar-refractivity contribution in [1.82, 2.24) is 4.98 Å². The molecule has 0 amide bonds. The molecule has 45 heavy (non-hydrogen) atoms. The Balaban J connectivity index is 1.22. The Hall–Kier alpha value is -3.19. The van der Waals surface area contributed by atoms with Crippen LogP contribution in [-0.2, 0) is 22.3 Å². The Kier molecular flexibility index (Phi) is 6.94. The molecule has 3 aromatic rings. The maximum Gasteiger partial charge on any atom is 0.416 e. The fraction of sp³-hybridized carbons (Fsp3) is 0.526. The number of halogens is 3. The van der Waals surface area contributed by atoms with E-state index in [0.29, 0.717) is 40.3 Å². The predicted molar refractivity (Wildman–Crippen MR) is 167 cm³/mol. The van der Waals surface area contributed by atoms with E-state index in [1.54, 1.807) is 0 Å². The molecule has 0 spiro atoms. The fourth-order valence-corrected chi connectivity index (χ4v) is 10.9. The molecule has 236 valence electrons. The van der Waals surface area contributed by atoms with Gasteiger partial charge in [0, 0.05) is 41.5 Å². The molecule has 2 aromatic carbocycles. The minimum absolute atomic E-state index is 0.0485. The van der Waals surface area contributed by atoms with Crippen LogP contribution in [0.2, 0.25) is 0 Å². The van der Waals surface area contributed by atoms with Gasteiger partial charge in [-0.1, -0.05) is 36.4 Å². The molecule has 4 nitrogen and oxygen atoms in total. The molecule has 10 rings (SSSR count). The summed E-state index contributed by atoms with van der Waals surface area (Å²) in [6.45, 7) is 6.24. The van der Waals surface area contributed by atoms with Crippen LogP contribution in [0.25, 0.3) is 10.9 Å². The first kappa shape index (κ1) is 29.2. The summed E-state index contributed by atoms with van der Waals surface area (Å²) in [7, 11) is 0. The number of benzene rings is 2. The summed E-state index contributed by atoms with van der Waals surface area (Å²) in [5.74, 6) is 2.48. The summed E-state index contributed by atoms with van der Waals surface area (Å²) in [5.41, 5.74) is 1.47. The standard InChI is InChI=1S/C38H42F3N2O2/c1-2-28-23-43(22-24-6-5-7-30(17-24)38(39,40)41)13-11-29(28)18-34(43)35(32-10-12-42-33-9-4-3-8-31(32)33)45-36(44)37-19-25-14-26(20-37)16-27(15-25)21-37/h2-10,12,17,25-29,34-35H,1,11,13-16,18-23H2/q+1/t25?,26?,27?,28-,29-,34+,35-,37?,43?/m0/s1. The molecule has 0 N–H and O–H groups in total. The highest BCUT2D eigenvalue weighted by Crippen LogP contribution is 2.61. The number of carbonyl (C=O) groups is 1. The van der Waals surface area contributed by atoms with E-state index >= 15 is 0 Å². The van der Waals surface area contributed by atoms with Crippen LogP contribution >= 0.6 is 0 Å².